The summed E-state index contributed by atoms with van der Waals surface area (Å²) in [6.07, 6.45) is 3.29. The summed E-state index contributed by atoms with van der Waals surface area (Å²) in [6, 6.07) is 8.07. The van der Waals surface area contributed by atoms with Crippen molar-refractivity contribution >= 4 is 34.3 Å². The van der Waals surface area contributed by atoms with Gasteiger partial charge in [-0.2, -0.15) is 0 Å². The molecule has 0 bridgehead atoms. The highest BCUT2D eigenvalue weighted by atomic mass is 32.2. The fraction of sp³-hybridized carbons (Fsp3) is 0.545. The second-order valence-electron chi connectivity index (χ2n) is 8.66. The molecular weight excluding hydrogens is 398 g/mol. The van der Waals surface area contributed by atoms with Gasteiger partial charge in [0.15, 0.2) is 5.16 Å². The molecule has 0 spiro atoms. The Kier molecular flexibility index (Phi) is 5.86. The molecule has 0 aliphatic carbocycles. The van der Waals surface area contributed by atoms with Crippen LogP contribution in [0.15, 0.2) is 34.2 Å². The molecule has 0 saturated carbocycles. The molecule has 2 atom stereocenters. The molecule has 7 nitrogen and oxygen atoms in total. The third-order valence-corrected chi connectivity index (χ3v) is 6.75. The number of carbonyl (C=O) groups is 1. The summed E-state index contributed by atoms with van der Waals surface area (Å²) in [5.41, 5.74) is 0.722. The Morgan fingerprint density at radius 1 is 1.17 bits per heavy atom. The number of fused-ring (bicyclic) bond motifs is 3. The lowest BCUT2D eigenvalue weighted by Crippen LogP contribution is -2.48. The fourth-order valence-electron chi connectivity index (χ4n) is 4.47. The lowest BCUT2D eigenvalue weighted by Gasteiger charge is -2.39. The minimum Gasteiger partial charge on any atom is -0.337 e. The van der Waals surface area contributed by atoms with Gasteiger partial charge in [-0.05, 0) is 51.2 Å². The summed E-state index contributed by atoms with van der Waals surface area (Å²) in [6.45, 7) is 8.97. The average molecular weight is 428 g/mol. The van der Waals surface area contributed by atoms with Gasteiger partial charge in [-0.15, -0.1) is 10.2 Å². The second kappa shape index (κ2) is 8.41. The lowest BCUT2D eigenvalue weighted by atomic mass is 9.98. The van der Waals surface area contributed by atoms with Gasteiger partial charge in [0.25, 0.3) is 5.56 Å². The van der Waals surface area contributed by atoms with Crippen LogP contribution >= 0.6 is 11.8 Å². The highest BCUT2D eigenvalue weighted by Gasteiger charge is 2.29. The normalized spacial score (nSPS) is 19.8. The largest absolute Gasteiger partial charge is 0.337 e. The van der Waals surface area contributed by atoms with Crippen molar-refractivity contribution in [3.05, 3.63) is 34.6 Å². The SMILES string of the molecule is CC(C)Cn1c(=O)c2ccccc2n2c(SCC(=O)N3[C@@H](C)CCC[C@@H]3C)nnc12. The number of benzene rings is 1. The van der Waals surface area contributed by atoms with Gasteiger partial charge >= 0.3 is 0 Å². The van der Waals surface area contributed by atoms with Gasteiger partial charge in [-0.3, -0.25) is 18.6 Å². The minimum atomic E-state index is -0.0530. The Bertz CT molecular complexity index is 1130. The third-order valence-electron chi connectivity index (χ3n) is 5.83. The van der Waals surface area contributed by atoms with Gasteiger partial charge in [-0.25, -0.2) is 0 Å². The number of nitrogens with zero attached hydrogens (tertiary/aromatic N) is 5. The van der Waals surface area contributed by atoms with E-state index in [2.05, 4.69) is 37.9 Å². The zero-order chi connectivity index (χ0) is 21.4. The Balaban J connectivity index is 1.71. The first-order chi connectivity index (χ1) is 14.4. The van der Waals surface area contributed by atoms with Gasteiger partial charge in [-0.1, -0.05) is 37.7 Å². The molecule has 0 N–H and O–H groups in total. The molecule has 3 heterocycles. The average Bonchev–Trinajstić information content (AvgIpc) is 3.13. The van der Waals surface area contributed by atoms with Gasteiger partial charge in [0.2, 0.25) is 11.7 Å². The van der Waals surface area contributed by atoms with Gasteiger partial charge in [0, 0.05) is 18.6 Å². The quantitative estimate of drug-likeness (QED) is 0.582. The fourth-order valence-corrected chi connectivity index (χ4v) is 5.28. The molecule has 4 rings (SSSR count). The monoisotopic (exact) mass is 427 g/mol. The number of amides is 1. The molecule has 30 heavy (non-hydrogen) atoms. The number of thioether (sulfide) groups is 1. The van der Waals surface area contributed by atoms with E-state index in [9.17, 15) is 9.59 Å². The maximum Gasteiger partial charge on any atom is 0.262 e. The van der Waals surface area contributed by atoms with E-state index in [1.807, 2.05) is 33.6 Å². The Morgan fingerprint density at radius 2 is 1.87 bits per heavy atom. The van der Waals surface area contributed by atoms with Crippen molar-refractivity contribution in [1.29, 1.82) is 0 Å². The van der Waals surface area contributed by atoms with Crippen molar-refractivity contribution in [2.24, 2.45) is 5.92 Å². The van der Waals surface area contributed by atoms with Crippen LogP contribution < -0.4 is 5.56 Å². The van der Waals surface area contributed by atoms with Crippen LogP contribution in [0.25, 0.3) is 16.7 Å². The molecule has 1 fully saturated rings. The standard InChI is InChI=1S/C22H29N5O2S/c1-14(2)12-25-20(29)17-10-5-6-11-18(17)27-21(25)23-24-22(27)30-13-19(28)26-15(3)8-7-9-16(26)4/h5-6,10-11,14-16H,7-9,12-13H2,1-4H3/t15-,16-/m0/s1. The van der Waals surface area contributed by atoms with Crippen molar-refractivity contribution in [1.82, 2.24) is 24.1 Å². The third kappa shape index (κ3) is 3.73. The van der Waals surface area contributed by atoms with Crippen LogP contribution in [0.1, 0.15) is 47.0 Å². The van der Waals surface area contributed by atoms with E-state index < -0.39 is 0 Å². The van der Waals surface area contributed by atoms with Crippen LogP contribution in [0.4, 0.5) is 0 Å². The van der Waals surface area contributed by atoms with Crippen molar-refractivity contribution in [2.45, 2.75) is 70.7 Å². The van der Waals surface area contributed by atoms with Crippen molar-refractivity contribution in [3.63, 3.8) is 0 Å². The second-order valence-corrected chi connectivity index (χ2v) is 9.61. The number of rotatable bonds is 5. The Labute approximate surface area is 180 Å². The first-order valence-corrected chi connectivity index (χ1v) is 11.7. The van der Waals surface area contributed by atoms with Crippen LogP contribution in [0.2, 0.25) is 0 Å². The summed E-state index contributed by atoms with van der Waals surface area (Å²) >= 11 is 1.39. The predicted molar refractivity (Wildman–Crippen MR) is 120 cm³/mol. The van der Waals surface area contributed by atoms with Crippen LogP contribution in [-0.2, 0) is 11.3 Å². The summed E-state index contributed by atoms with van der Waals surface area (Å²) < 4.78 is 3.61. The molecule has 3 aromatic rings. The molecule has 1 aromatic carbocycles. The number of aromatic nitrogens is 4. The number of hydrogen-bond donors (Lipinski definition) is 0. The zero-order valence-corrected chi connectivity index (χ0v) is 18.9. The molecule has 0 radical (unpaired) electrons. The van der Waals surface area contributed by atoms with E-state index in [-0.39, 0.29) is 23.6 Å². The molecule has 2 aromatic heterocycles. The highest BCUT2D eigenvalue weighted by molar-refractivity contribution is 7.99. The molecule has 1 aliphatic heterocycles. The van der Waals surface area contributed by atoms with Crippen molar-refractivity contribution < 1.29 is 4.79 Å². The first-order valence-electron chi connectivity index (χ1n) is 10.7. The smallest absolute Gasteiger partial charge is 0.262 e. The molecule has 1 amide bonds. The summed E-state index contributed by atoms with van der Waals surface area (Å²) in [5, 5.41) is 9.97. The number of para-hydroxylation sites is 1. The van der Waals surface area contributed by atoms with E-state index in [0.717, 1.165) is 18.4 Å². The lowest BCUT2D eigenvalue weighted by molar-refractivity contribution is -0.134. The summed E-state index contributed by atoms with van der Waals surface area (Å²) in [7, 11) is 0. The molecule has 8 heteroatoms. The van der Waals surface area contributed by atoms with Gasteiger partial charge < -0.3 is 4.90 Å². The van der Waals surface area contributed by atoms with Crippen LogP contribution in [0.3, 0.4) is 0 Å². The van der Waals surface area contributed by atoms with E-state index in [1.165, 1.54) is 18.2 Å². The number of carbonyl (C=O) groups excluding carboxylic acids is 1. The van der Waals surface area contributed by atoms with E-state index in [0.29, 0.717) is 34.5 Å². The zero-order valence-electron chi connectivity index (χ0n) is 18.0. The van der Waals surface area contributed by atoms with Crippen LogP contribution in [-0.4, -0.2) is 47.8 Å². The van der Waals surface area contributed by atoms with E-state index in [1.54, 1.807) is 4.57 Å². The Morgan fingerprint density at radius 3 is 2.57 bits per heavy atom. The van der Waals surface area contributed by atoms with Crippen LogP contribution in [0, 0.1) is 5.92 Å². The molecular formula is C22H29N5O2S. The van der Waals surface area contributed by atoms with E-state index in [4.69, 9.17) is 0 Å². The van der Waals surface area contributed by atoms with Gasteiger partial charge in [0.1, 0.15) is 0 Å². The van der Waals surface area contributed by atoms with Crippen molar-refractivity contribution in [3.8, 4) is 0 Å². The van der Waals surface area contributed by atoms with E-state index >= 15 is 0 Å². The topological polar surface area (TPSA) is 72.5 Å². The molecule has 1 saturated heterocycles. The van der Waals surface area contributed by atoms with Crippen LogP contribution in [0.5, 0.6) is 0 Å². The summed E-state index contributed by atoms with van der Waals surface area (Å²) in [5.74, 6) is 1.27. The Hall–Kier alpha value is -2.35. The highest BCUT2D eigenvalue weighted by Crippen LogP contribution is 2.26. The maximum atomic E-state index is 13.0. The van der Waals surface area contributed by atoms with Crippen molar-refractivity contribution in [2.75, 3.05) is 5.75 Å². The predicted octanol–water partition coefficient (Wildman–Crippen LogP) is 3.58. The minimum absolute atomic E-state index is 0.0530. The molecule has 160 valence electrons. The first kappa shape index (κ1) is 20.9. The number of piperidine rings is 1. The van der Waals surface area contributed by atoms with Gasteiger partial charge in [0.05, 0.1) is 16.7 Å². The molecule has 0 unspecified atom stereocenters. The maximum absolute atomic E-state index is 13.0. The number of likely N-dealkylation sites (tertiary alicyclic amines) is 1. The summed E-state index contributed by atoms with van der Waals surface area (Å²) in [4.78, 5) is 28.0. The molecule has 1 aliphatic rings. The number of hydrogen-bond acceptors (Lipinski definition) is 5.